The van der Waals surface area contributed by atoms with Gasteiger partial charge in [0.2, 0.25) is 5.91 Å². The van der Waals surface area contributed by atoms with E-state index in [-0.39, 0.29) is 5.91 Å². The molecule has 0 aromatic rings. The van der Waals surface area contributed by atoms with Crippen molar-refractivity contribution in [2.24, 2.45) is 0 Å². The largest absolute Gasteiger partial charge is 0.383 e. The number of carbonyl (C=O) groups is 1. The molecule has 0 aliphatic carbocycles. The molecule has 0 bridgehead atoms. The third kappa shape index (κ3) is 7.55. The van der Waals surface area contributed by atoms with Crippen molar-refractivity contribution < 1.29 is 9.53 Å². The summed E-state index contributed by atoms with van der Waals surface area (Å²) in [7, 11) is 1.60. The van der Waals surface area contributed by atoms with Crippen LogP contribution in [0.3, 0.4) is 0 Å². The quantitative estimate of drug-likeness (QED) is 0.422. The van der Waals surface area contributed by atoms with Gasteiger partial charge in [0.25, 0.3) is 0 Å². The number of rotatable bonds is 5. The van der Waals surface area contributed by atoms with E-state index in [1.165, 1.54) is 6.08 Å². The maximum absolute atomic E-state index is 10.8. The predicted molar refractivity (Wildman–Crippen MR) is 47.8 cm³/mol. The highest BCUT2D eigenvalue weighted by molar-refractivity contribution is 9.09. The second-order valence-electron chi connectivity index (χ2n) is 1.84. The van der Waals surface area contributed by atoms with Crippen LogP contribution in [-0.4, -0.2) is 31.5 Å². The fraction of sp³-hybridized carbons (Fsp3) is 0.571. The molecule has 11 heavy (non-hydrogen) atoms. The fourth-order valence-electron chi connectivity index (χ4n) is 0.487. The van der Waals surface area contributed by atoms with Crippen LogP contribution in [0, 0.1) is 0 Å². The number of hydrogen-bond acceptors (Lipinski definition) is 2. The number of ether oxygens (including phenoxy) is 1. The Kier molecular flexibility index (Phi) is 7.51. The van der Waals surface area contributed by atoms with Crippen LogP contribution in [0.2, 0.25) is 0 Å². The summed E-state index contributed by atoms with van der Waals surface area (Å²) in [6.45, 7) is 1.11. The Morgan fingerprint density at radius 3 is 3.00 bits per heavy atom. The van der Waals surface area contributed by atoms with Gasteiger partial charge in [0, 0.05) is 19.0 Å². The van der Waals surface area contributed by atoms with Crippen LogP contribution < -0.4 is 5.32 Å². The van der Waals surface area contributed by atoms with Gasteiger partial charge in [-0.05, 0) is 6.08 Å². The Bertz CT molecular complexity index is 136. The number of carbonyl (C=O) groups excluding carboxylic acids is 1. The predicted octanol–water partition coefficient (Wildman–Crippen LogP) is 0.700. The van der Waals surface area contributed by atoms with Crippen LogP contribution in [0.1, 0.15) is 0 Å². The molecule has 0 aliphatic heterocycles. The normalized spacial score (nSPS) is 10.4. The number of nitrogens with one attached hydrogen (secondary N) is 1. The zero-order valence-electron chi connectivity index (χ0n) is 6.47. The molecule has 64 valence electrons. The van der Waals surface area contributed by atoms with Crippen LogP contribution >= 0.6 is 15.9 Å². The van der Waals surface area contributed by atoms with E-state index in [0.717, 1.165) is 0 Å². The highest BCUT2D eigenvalue weighted by Gasteiger charge is 1.91. The lowest BCUT2D eigenvalue weighted by atomic mass is 10.5. The SMILES string of the molecule is COCCNC(=O)/C=C/CBr. The lowest BCUT2D eigenvalue weighted by molar-refractivity contribution is -0.116. The maximum Gasteiger partial charge on any atom is 0.243 e. The minimum atomic E-state index is -0.0819. The van der Waals surface area contributed by atoms with Crippen LogP contribution in [-0.2, 0) is 9.53 Å². The van der Waals surface area contributed by atoms with Crippen molar-refractivity contribution >= 4 is 21.8 Å². The summed E-state index contributed by atoms with van der Waals surface area (Å²) in [5.74, 6) is -0.0819. The van der Waals surface area contributed by atoms with E-state index in [1.54, 1.807) is 13.2 Å². The summed E-state index contributed by atoms with van der Waals surface area (Å²) in [6.07, 6.45) is 3.23. The number of allylic oxidation sites excluding steroid dienone is 1. The van der Waals surface area contributed by atoms with Crippen LogP contribution in [0.25, 0.3) is 0 Å². The summed E-state index contributed by atoms with van der Waals surface area (Å²) in [5.41, 5.74) is 0. The smallest absolute Gasteiger partial charge is 0.243 e. The summed E-state index contributed by atoms with van der Waals surface area (Å²) in [6, 6.07) is 0. The van der Waals surface area contributed by atoms with Gasteiger partial charge in [0.1, 0.15) is 0 Å². The number of halogens is 1. The topological polar surface area (TPSA) is 38.3 Å². The van der Waals surface area contributed by atoms with E-state index in [1.807, 2.05) is 0 Å². The Morgan fingerprint density at radius 2 is 2.45 bits per heavy atom. The molecule has 0 heterocycles. The van der Waals surface area contributed by atoms with E-state index in [9.17, 15) is 4.79 Å². The van der Waals surface area contributed by atoms with Crippen LogP contribution in [0.4, 0.5) is 0 Å². The molecular formula is C7H12BrNO2. The molecule has 0 saturated heterocycles. The van der Waals surface area contributed by atoms with Crippen molar-refractivity contribution in [2.45, 2.75) is 0 Å². The minimum Gasteiger partial charge on any atom is -0.383 e. The monoisotopic (exact) mass is 221 g/mol. The zero-order chi connectivity index (χ0) is 8.53. The first-order chi connectivity index (χ1) is 5.31. The third-order valence-electron chi connectivity index (χ3n) is 0.964. The van der Waals surface area contributed by atoms with Crippen molar-refractivity contribution in [1.29, 1.82) is 0 Å². The fourth-order valence-corrected chi connectivity index (χ4v) is 0.674. The first kappa shape index (κ1) is 10.7. The van der Waals surface area contributed by atoms with Crippen molar-refractivity contribution in [2.75, 3.05) is 25.6 Å². The second-order valence-corrected chi connectivity index (χ2v) is 2.49. The molecule has 3 nitrogen and oxygen atoms in total. The molecule has 1 amide bonds. The van der Waals surface area contributed by atoms with Crippen LogP contribution in [0.15, 0.2) is 12.2 Å². The van der Waals surface area contributed by atoms with Gasteiger partial charge in [-0.3, -0.25) is 4.79 Å². The highest BCUT2D eigenvalue weighted by Crippen LogP contribution is 1.81. The Balaban J connectivity index is 3.30. The van der Waals surface area contributed by atoms with Gasteiger partial charge in [-0.15, -0.1) is 0 Å². The third-order valence-corrected chi connectivity index (χ3v) is 1.34. The average Bonchev–Trinajstić information content (AvgIpc) is 2.01. The molecule has 0 rings (SSSR count). The summed E-state index contributed by atoms with van der Waals surface area (Å²) in [5, 5.41) is 3.35. The summed E-state index contributed by atoms with van der Waals surface area (Å²) in [4.78, 5) is 10.8. The Hall–Kier alpha value is -0.350. The van der Waals surface area contributed by atoms with Crippen LogP contribution in [0.5, 0.6) is 0 Å². The molecule has 0 saturated carbocycles. The van der Waals surface area contributed by atoms with E-state index < -0.39 is 0 Å². The van der Waals surface area contributed by atoms with Gasteiger partial charge in [-0.2, -0.15) is 0 Å². The summed E-state index contributed by atoms with van der Waals surface area (Å²) < 4.78 is 4.75. The Labute approximate surface area is 74.9 Å². The van der Waals surface area contributed by atoms with Crippen molar-refractivity contribution in [3.8, 4) is 0 Å². The second kappa shape index (κ2) is 7.75. The number of methoxy groups -OCH3 is 1. The average molecular weight is 222 g/mol. The van der Waals surface area contributed by atoms with Crippen molar-refractivity contribution in [3.63, 3.8) is 0 Å². The molecule has 0 unspecified atom stereocenters. The van der Waals surface area contributed by atoms with E-state index in [0.29, 0.717) is 18.5 Å². The molecule has 0 aliphatic rings. The molecule has 1 N–H and O–H groups in total. The number of alkyl halides is 1. The Morgan fingerprint density at radius 1 is 1.73 bits per heavy atom. The zero-order valence-corrected chi connectivity index (χ0v) is 8.06. The van der Waals surface area contributed by atoms with Gasteiger partial charge < -0.3 is 10.1 Å². The first-order valence-electron chi connectivity index (χ1n) is 3.30. The molecule has 0 aromatic carbocycles. The molecule has 0 fully saturated rings. The molecule has 4 heteroatoms. The van der Waals surface area contributed by atoms with E-state index >= 15 is 0 Å². The standard InChI is InChI=1S/C7H12BrNO2/c1-11-6-5-9-7(10)3-2-4-8/h2-3H,4-6H2,1H3,(H,9,10)/b3-2+. The van der Waals surface area contributed by atoms with Gasteiger partial charge in [-0.25, -0.2) is 0 Å². The van der Waals surface area contributed by atoms with Gasteiger partial charge in [0.15, 0.2) is 0 Å². The minimum absolute atomic E-state index is 0.0819. The van der Waals surface area contributed by atoms with Crippen molar-refractivity contribution in [3.05, 3.63) is 12.2 Å². The van der Waals surface area contributed by atoms with E-state index in [2.05, 4.69) is 21.2 Å². The maximum atomic E-state index is 10.8. The molecule has 0 radical (unpaired) electrons. The van der Waals surface area contributed by atoms with E-state index in [4.69, 9.17) is 4.74 Å². The number of hydrogen-bond donors (Lipinski definition) is 1. The number of amides is 1. The van der Waals surface area contributed by atoms with Gasteiger partial charge >= 0.3 is 0 Å². The van der Waals surface area contributed by atoms with Gasteiger partial charge in [-0.1, -0.05) is 22.0 Å². The molecule has 0 aromatic heterocycles. The van der Waals surface area contributed by atoms with Crippen molar-refractivity contribution in [1.82, 2.24) is 5.32 Å². The molecule has 0 spiro atoms. The lowest BCUT2D eigenvalue weighted by Gasteiger charge is -1.98. The lowest BCUT2D eigenvalue weighted by Crippen LogP contribution is -2.24. The molecular weight excluding hydrogens is 210 g/mol. The summed E-state index contributed by atoms with van der Waals surface area (Å²) >= 11 is 3.17. The van der Waals surface area contributed by atoms with Gasteiger partial charge in [0.05, 0.1) is 6.61 Å². The molecule has 0 atom stereocenters. The first-order valence-corrected chi connectivity index (χ1v) is 4.42. The highest BCUT2D eigenvalue weighted by atomic mass is 79.9.